The minimum absolute atomic E-state index is 0.338. The van der Waals surface area contributed by atoms with Crippen molar-refractivity contribution in [2.45, 2.75) is 13.2 Å². The summed E-state index contributed by atoms with van der Waals surface area (Å²) in [7, 11) is 1.58. The smallest absolute Gasteiger partial charge is 0.166 e. The molecule has 3 nitrogen and oxygen atoms in total. The number of nitrogens with two attached hydrogens (primary N) is 1. The Labute approximate surface area is 131 Å². The van der Waals surface area contributed by atoms with E-state index in [9.17, 15) is 0 Å². The fourth-order valence-corrected chi connectivity index (χ4v) is 2.55. The first-order valence-corrected chi connectivity index (χ1v) is 7.25. The van der Waals surface area contributed by atoms with Gasteiger partial charge in [0.25, 0.3) is 0 Å². The molecule has 0 unspecified atom stereocenters. The van der Waals surface area contributed by atoms with E-state index in [0.29, 0.717) is 29.7 Å². The summed E-state index contributed by atoms with van der Waals surface area (Å²) in [6.45, 7) is 0.773. The Bertz CT molecular complexity index is 579. The van der Waals surface area contributed by atoms with Crippen LogP contribution in [0.25, 0.3) is 0 Å². The van der Waals surface area contributed by atoms with E-state index in [4.69, 9.17) is 26.8 Å². The third-order valence-electron chi connectivity index (χ3n) is 2.81. The number of hydrogen-bond donors (Lipinski definition) is 1. The van der Waals surface area contributed by atoms with Gasteiger partial charge in [0.2, 0.25) is 0 Å². The zero-order valence-electron chi connectivity index (χ0n) is 11.0. The van der Waals surface area contributed by atoms with Crippen LogP contribution >= 0.6 is 27.5 Å². The highest BCUT2D eigenvalue weighted by Gasteiger charge is 2.12. The average molecular weight is 357 g/mol. The molecule has 0 amide bonds. The molecule has 106 valence electrons. The van der Waals surface area contributed by atoms with Crippen molar-refractivity contribution in [2.75, 3.05) is 7.11 Å². The summed E-state index contributed by atoms with van der Waals surface area (Å²) < 4.78 is 12.2. The van der Waals surface area contributed by atoms with Gasteiger partial charge in [-0.1, -0.05) is 39.7 Å². The predicted molar refractivity (Wildman–Crippen MR) is 84.4 cm³/mol. The molecule has 20 heavy (non-hydrogen) atoms. The van der Waals surface area contributed by atoms with Crippen molar-refractivity contribution >= 4 is 27.5 Å². The molecule has 0 aliphatic rings. The van der Waals surface area contributed by atoms with Crippen LogP contribution in [0, 0.1) is 0 Å². The quantitative estimate of drug-likeness (QED) is 0.875. The zero-order valence-corrected chi connectivity index (χ0v) is 13.4. The van der Waals surface area contributed by atoms with Gasteiger partial charge in [0.1, 0.15) is 6.61 Å². The van der Waals surface area contributed by atoms with Gasteiger partial charge < -0.3 is 15.2 Å². The van der Waals surface area contributed by atoms with Crippen LogP contribution in [0.15, 0.2) is 40.9 Å². The maximum atomic E-state index is 6.02. The Hall–Kier alpha value is -1.23. The average Bonchev–Trinajstić information content (AvgIpc) is 2.45. The summed E-state index contributed by atoms with van der Waals surface area (Å²) in [6, 6.07) is 11.4. The van der Waals surface area contributed by atoms with Gasteiger partial charge in [-0.3, -0.25) is 0 Å². The van der Waals surface area contributed by atoms with Crippen molar-refractivity contribution in [2.24, 2.45) is 5.73 Å². The Balaban J connectivity index is 2.24. The molecule has 2 rings (SSSR count). The minimum Gasteiger partial charge on any atom is -0.493 e. The summed E-state index contributed by atoms with van der Waals surface area (Å²) in [4.78, 5) is 0. The van der Waals surface area contributed by atoms with Crippen LogP contribution in [-0.4, -0.2) is 7.11 Å². The van der Waals surface area contributed by atoms with Gasteiger partial charge in [0, 0.05) is 27.7 Å². The number of methoxy groups -OCH3 is 1. The zero-order chi connectivity index (χ0) is 14.5. The molecular weight excluding hydrogens is 342 g/mol. The summed E-state index contributed by atoms with van der Waals surface area (Å²) in [5.41, 5.74) is 7.61. The largest absolute Gasteiger partial charge is 0.493 e. The van der Waals surface area contributed by atoms with Gasteiger partial charge in [-0.05, 0) is 23.8 Å². The van der Waals surface area contributed by atoms with E-state index in [1.165, 1.54) is 0 Å². The lowest BCUT2D eigenvalue weighted by Gasteiger charge is -2.15. The molecule has 0 heterocycles. The van der Waals surface area contributed by atoms with E-state index in [0.717, 1.165) is 15.6 Å². The van der Waals surface area contributed by atoms with Crippen molar-refractivity contribution in [1.82, 2.24) is 0 Å². The Morgan fingerprint density at radius 3 is 2.70 bits per heavy atom. The molecule has 0 radical (unpaired) electrons. The number of benzene rings is 2. The van der Waals surface area contributed by atoms with Gasteiger partial charge in [0.05, 0.1) is 7.11 Å². The summed E-state index contributed by atoms with van der Waals surface area (Å²) in [6.07, 6.45) is 0. The summed E-state index contributed by atoms with van der Waals surface area (Å²) in [5, 5.41) is 0.581. The SMILES string of the molecule is COc1cc(Cl)cc(CN)c1OCc1cccc(Br)c1. The lowest BCUT2D eigenvalue weighted by atomic mass is 10.2. The Morgan fingerprint density at radius 1 is 1.25 bits per heavy atom. The second-order valence-electron chi connectivity index (χ2n) is 4.22. The first-order chi connectivity index (χ1) is 9.63. The van der Waals surface area contributed by atoms with Crippen LogP contribution in [0.5, 0.6) is 11.5 Å². The highest BCUT2D eigenvalue weighted by Crippen LogP contribution is 2.35. The van der Waals surface area contributed by atoms with Crippen LogP contribution in [0.1, 0.15) is 11.1 Å². The first-order valence-electron chi connectivity index (χ1n) is 6.07. The van der Waals surface area contributed by atoms with Crippen molar-refractivity contribution in [1.29, 1.82) is 0 Å². The van der Waals surface area contributed by atoms with Crippen molar-refractivity contribution in [3.05, 3.63) is 57.0 Å². The molecule has 0 aliphatic carbocycles. The molecule has 0 bridgehead atoms. The molecule has 2 aromatic rings. The van der Waals surface area contributed by atoms with Gasteiger partial charge >= 0.3 is 0 Å². The third kappa shape index (κ3) is 3.66. The van der Waals surface area contributed by atoms with E-state index in [-0.39, 0.29) is 0 Å². The van der Waals surface area contributed by atoms with Crippen molar-refractivity contribution < 1.29 is 9.47 Å². The highest BCUT2D eigenvalue weighted by atomic mass is 79.9. The standard InChI is InChI=1S/C15H15BrClNO2/c1-19-14-7-13(17)6-11(8-18)15(14)20-9-10-3-2-4-12(16)5-10/h2-7H,8-9,18H2,1H3. The number of hydrogen-bond acceptors (Lipinski definition) is 3. The second kappa shape index (κ2) is 6.97. The Morgan fingerprint density at radius 2 is 2.05 bits per heavy atom. The van der Waals surface area contributed by atoms with Crippen LogP contribution in [0.4, 0.5) is 0 Å². The monoisotopic (exact) mass is 355 g/mol. The minimum atomic E-state index is 0.338. The van der Waals surface area contributed by atoms with E-state index in [2.05, 4.69) is 15.9 Å². The van der Waals surface area contributed by atoms with Gasteiger partial charge in [-0.25, -0.2) is 0 Å². The molecule has 0 aromatic heterocycles. The fourth-order valence-electron chi connectivity index (χ4n) is 1.87. The number of rotatable bonds is 5. The maximum Gasteiger partial charge on any atom is 0.166 e. The molecule has 0 saturated heterocycles. The van der Waals surface area contributed by atoms with Crippen molar-refractivity contribution in [3.63, 3.8) is 0 Å². The summed E-state index contributed by atoms with van der Waals surface area (Å²) >= 11 is 9.46. The molecule has 0 spiro atoms. The molecular formula is C15H15BrClNO2. The predicted octanol–water partition coefficient (Wildman–Crippen LogP) is 4.15. The Kier molecular flexibility index (Phi) is 5.29. The summed E-state index contributed by atoms with van der Waals surface area (Å²) in [5.74, 6) is 1.23. The molecule has 5 heteroatoms. The molecule has 0 saturated carbocycles. The van der Waals surface area contributed by atoms with E-state index in [1.807, 2.05) is 24.3 Å². The van der Waals surface area contributed by atoms with Gasteiger partial charge in [0.15, 0.2) is 11.5 Å². The van der Waals surface area contributed by atoms with Crippen LogP contribution in [0.3, 0.4) is 0 Å². The topological polar surface area (TPSA) is 44.5 Å². The van der Waals surface area contributed by atoms with Crippen LogP contribution in [0.2, 0.25) is 5.02 Å². The van der Waals surface area contributed by atoms with E-state index >= 15 is 0 Å². The van der Waals surface area contributed by atoms with Crippen molar-refractivity contribution in [3.8, 4) is 11.5 Å². The second-order valence-corrected chi connectivity index (χ2v) is 5.57. The normalized spacial score (nSPS) is 10.4. The number of ether oxygens (including phenoxy) is 2. The lowest BCUT2D eigenvalue weighted by molar-refractivity contribution is 0.281. The van der Waals surface area contributed by atoms with E-state index < -0.39 is 0 Å². The first kappa shape index (κ1) is 15.2. The fraction of sp³-hybridized carbons (Fsp3) is 0.200. The van der Waals surface area contributed by atoms with Crippen LogP contribution < -0.4 is 15.2 Å². The van der Waals surface area contributed by atoms with Gasteiger partial charge in [-0.15, -0.1) is 0 Å². The lowest BCUT2D eigenvalue weighted by Crippen LogP contribution is -2.04. The molecule has 0 atom stereocenters. The maximum absolute atomic E-state index is 6.02. The molecule has 0 fully saturated rings. The van der Waals surface area contributed by atoms with Gasteiger partial charge in [-0.2, -0.15) is 0 Å². The van der Waals surface area contributed by atoms with E-state index in [1.54, 1.807) is 19.2 Å². The van der Waals surface area contributed by atoms with Crippen LogP contribution in [-0.2, 0) is 13.2 Å². The molecule has 2 aromatic carbocycles. The highest BCUT2D eigenvalue weighted by molar-refractivity contribution is 9.10. The molecule has 2 N–H and O–H groups in total. The third-order valence-corrected chi connectivity index (χ3v) is 3.52. The number of halogens is 2. The molecule has 0 aliphatic heterocycles.